The standard InChI is InChI=1S/C6H13NO3/c1-7-6(9)5(3-8)4-10-2/h5,8H,3-4H2,1-2H3,(H,7,9). The van der Waals surface area contributed by atoms with Gasteiger partial charge in [0.15, 0.2) is 0 Å². The predicted molar refractivity (Wildman–Crippen MR) is 36.5 cm³/mol. The van der Waals surface area contributed by atoms with Crippen LogP contribution < -0.4 is 5.32 Å². The van der Waals surface area contributed by atoms with Crippen LogP contribution in [0.2, 0.25) is 0 Å². The van der Waals surface area contributed by atoms with Gasteiger partial charge in [0, 0.05) is 14.2 Å². The van der Waals surface area contributed by atoms with Crippen LogP contribution in [-0.2, 0) is 9.53 Å². The van der Waals surface area contributed by atoms with Crippen LogP contribution in [0.4, 0.5) is 0 Å². The number of rotatable bonds is 4. The fraction of sp³-hybridized carbons (Fsp3) is 0.833. The molecule has 1 unspecified atom stereocenters. The average Bonchev–Trinajstić information content (AvgIpc) is 1.99. The van der Waals surface area contributed by atoms with Crippen molar-refractivity contribution in [2.75, 3.05) is 27.4 Å². The van der Waals surface area contributed by atoms with Gasteiger partial charge < -0.3 is 15.2 Å². The van der Waals surface area contributed by atoms with Gasteiger partial charge in [-0.1, -0.05) is 0 Å². The maximum Gasteiger partial charge on any atom is 0.227 e. The number of hydrogen-bond donors (Lipinski definition) is 2. The molecule has 0 aliphatic rings. The lowest BCUT2D eigenvalue weighted by Gasteiger charge is -2.09. The van der Waals surface area contributed by atoms with Crippen molar-refractivity contribution in [3.8, 4) is 0 Å². The van der Waals surface area contributed by atoms with E-state index in [4.69, 9.17) is 9.84 Å². The monoisotopic (exact) mass is 147 g/mol. The van der Waals surface area contributed by atoms with Gasteiger partial charge in [0.2, 0.25) is 5.91 Å². The Morgan fingerprint density at radius 3 is 2.70 bits per heavy atom. The first-order valence-corrected chi connectivity index (χ1v) is 3.07. The lowest BCUT2D eigenvalue weighted by atomic mass is 10.1. The molecule has 0 radical (unpaired) electrons. The van der Waals surface area contributed by atoms with Gasteiger partial charge in [-0.25, -0.2) is 0 Å². The second kappa shape index (κ2) is 5.20. The first kappa shape index (κ1) is 9.39. The molecule has 1 amide bonds. The highest BCUT2D eigenvalue weighted by atomic mass is 16.5. The van der Waals surface area contributed by atoms with Gasteiger partial charge in [-0.3, -0.25) is 4.79 Å². The highest BCUT2D eigenvalue weighted by Gasteiger charge is 2.14. The van der Waals surface area contributed by atoms with Gasteiger partial charge in [0.25, 0.3) is 0 Å². The van der Waals surface area contributed by atoms with Crippen LogP contribution in [-0.4, -0.2) is 38.4 Å². The predicted octanol–water partition coefficient (Wildman–Crippen LogP) is -1.01. The number of carbonyl (C=O) groups is 1. The largest absolute Gasteiger partial charge is 0.395 e. The maximum absolute atomic E-state index is 10.8. The Morgan fingerprint density at radius 1 is 1.80 bits per heavy atom. The molecule has 0 aliphatic heterocycles. The van der Waals surface area contributed by atoms with E-state index in [1.54, 1.807) is 0 Å². The summed E-state index contributed by atoms with van der Waals surface area (Å²) < 4.78 is 4.70. The van der Waals surface area contributed by atoms with E-state index in [9.17, 15) is 4.79 Å². The highest BCUT2D eigenvalue weighted by molar-refractivity contribution is 5.78. The molecule has 2 N–H and O–H groups in total. The molecule has 0 heterocycles. The molecule has 4 nitrogen and oxygen atoms in total. The van der Waals surface area contributed by atoms with Crippen molar-refractivity contribution in [1.82, 2.24) is 5.32 Å². The number of hydrogen-bond acceptors (Lipinski definition) is 3. The summed E-state index contributed by atoms with van der Waals surface area (Å²) in [6.07, 6.45) is 0. The van der Waals surface area contributed by atoms with Gasteiger partial charge in [0.05, 0.1) is 19.1 Å². The molecule has 0 aromatic heterocycles. The molecule has 4 heteroatoms. The fourth-order valence-corrected chi connectivity index (χ4v) is 0.617. The van der Waals surface area contributed by atoms with Crippen LogP contribution in [0.15, 0.2) is 0 Å². The fourth-order valence-electron chi connectivity index (χ4n) is 0.617. The zero-order chi connectivity index (χ0) is 7.98. The van der Waals surface area contributed by atoms with Gasteiger partial charge in [-0.05, 0) is 0 Å². The minimum absolute atomic E-state index is 0.173. The molecule has 0 aliphatic carbocycles. The summed E-state index contributed by atoms with van der Waals surface area (Å²) in [6.45, 7) is 0.0870. The topological polar surface area (TPSA) is 58.6 Å². The van der Waals surface area contributed by atoms with Crippen molar-refractivity contribution in [2.24, 2.45) is 5.92 Å². The molecule has 0 saturated heterocycles. The van der Waals surface area contributed by atoms with Crippen LogP contribution in [0, 0.1) is 5.92 Å². The minimum Gasteiger partial charge on any atom is -0.395 e. The van der Waals surface area contributed by atoms with Gasteiger partial charge in [-0.15, -0.1) is 0 Å². The summed E-state index contributed by atoms with van der Waals surface area (Å²) in [5.74, 6) is -0.626. The Hall–Kier alpha value is -0.610. The van der Waals surface area contributed by atoms with Crippen LogP contribution in [0.1, 0.15) is 0 Å². The summed E-state index contributed by atoms with van der Waals surface area (Å²) in [7, 11) is 3.02. The number of nitrogens with one attached hydrogen (secondary N) is 1. The van der Waals surface area contributed by atoms with E-state index in [1.807, 2.05) is 0 Å². The molecule has 0 fully saturated rings. The lowest BCUT2D eigenvalue weighted by Crippen LogP contribution is -2.32. The van der Waals surface area contributed by atoms with E-state index in [0.717, 1.165) is 0 Å². The third-order valence-electron chi connectivity index (χ3n) is 1.21. The normalized spacial score (nSPS) is 12.7. The second-order valence-electron chi connectivity index (χ2n) is 1.95. The number of ether oxygens (including phenoxy) is 1. The first-order valence-electron chi connectivity index (χ1n) is 3.07. The Bertz CT molecular complexity index is 105. The zero-order valence-corrected chi connectivity index (χ0v) is 6.26. The van der Waals surface area contributed by atoms with Crippen LogP contribution in [0.3, 0.4) is 0 Å². The molecule has 1 atom stereocenters. The van der Waals surface area contributed by atoms with Crippen molar-refractivity contribution in [1.29, 1.82) is 0 Å². The van der Waals surface area contributed by atoms with Gasteiger partial charge in [-0.2, -0.15) is 0 Å². The van der Waals surface area contributed by atoms with E-state index < -0.39 is 5.92 Å². The summed E-state index contributed by atoms with van der Waals surface area (Å²) in [6, 6.07) is 0. The second-order valence-corrected chi connectivity index (χ2v) is 1.95. The number of aliphatic hydroxyl groups excluding tert-OH is 1. The summed E-state index contributed by atoms with van der Waals surface area (Å²) in [4.78, 5) is 10.8. The summed E-state index contributed by atoms with van der Waals surface area (Å²) in [5, 5.41) is 11.0. The van der Waals surface area contributed by atoms with Crippen molar-refractivity contribution in [2.45, 2.75) is 0 Å². The van der Waals surface area contributed by atoms with Gasteiger partial charge >= 0.3 is 0 Å². The quantitative estimate of drug-likeness (QED) is 0.535. The van der Waals surface area contributed by atoms with Crippen LogP contribution in [0.5, 0.6) is 0 Å². The van der Waals surface area contributed by atoms with E-state index in [2.05, 4.69) is 5.32 Å². The number of carbonyl (C=O) groups excluding carboxylic acids is 1. The molecule has 0 spiro atoms. The molecule has 0 bridgehead atoms. The molecule has 0 saturated carbocycles. The molecule has 10 heavy (non-hydrogen) atoms. The Labute approximate surface area is 60.2 Å². The zero-order valence-electron chi connectivity index (χ0n) is 6.26. The SMILES string of the molecule is CNC(=O)C(CO)COC. The van der Waals surface area contributed by atoms with Crippen molar-refractivity contribution in [3.63, 3.8) is 0 Å². The Balaban J connectivity index is 3.68. The first-order chi connectivity index (χ1) is 4.76. The molecule has 0 aromatic carbocycles. The number of amides is 1. The Kier molecular flexibility index (Phi) is 4.88. The van der Waals surface area contributed by atoms with E-state index in [-0.39, 0.29) is 19.1 Å². The van der Waals surface area contributed by atoms with Crippen molar-refractivity contribution < 1.29 is 14.6 Å². The molecule has 0 rings (SSSR count). The average molecular weight is 147 g/mol. The summed E-state index contributed by atoms with van der Waals surface area (Å²) >= 11 is 0. The third kappa shape index (κ3) is 2.80. The van der Waals surface area contributed by atoms with Crippen LogP contribution in [0.25, 0.3) is 0 Å². The van der Waals surface area contributed by atoms with E-state index in [1.165, 1.54) is 14.2 Å². The van der Waals surface area contributed by atoms with E-state index in [0.29, 0.717) is 0 Å². The maximum atomic E-state index is 10.8. The highest BCUT2D eigenvalue weighted by Crippen LogP contribution is 1.94. The smallest absolute Gasteiger partial charge is 0.227 e. The molecular weight excluding hydrogens is 134 g/mol. The Morgan fingerprint density at radius 2 is 2.40 bits per heavy atom. The van der Waals surface area contributed by atoms with Crippen LogP contribution >= 0.6 is 0 Å². The summed E-state index contributed by atoms with van der Waals surface area (Å²) in [5.41, 5.74) is 0. The molecule has 0 aromatic rings. The van der Waals surface area contributed by atoms with Gasteiger partial charge in [0.1, 0.15) is 0 Å². The number of methoxy groups -OCH3 is 1. The number of aliphatic hydroxyl groups is 1. The third-order valence-corrected chi connectivity index (χ3v) is 1.21. The minimum atomic E-state index is -0.435. The van der Waals surface area contributed by atoms with E-state index >= 15 is 0 Å². The van der Waals surface area contributed by atoms with Crippen molar-refractivity contribution >= 4 is 5.91 Å². The molecular formula is C6H13NO3. The van der Waals surface area contributed by atoms with Crippen molar-refractivity contribution in [3.05, 3.63) is 0 Å². The lowest BCUT2D eigenvalue weighted by molar-refractivity contribution is -0.127. The molecule has 60 valence electrons.